The molecule has 0 fully saturated rings. The molecule has 0 aliphatic heterocycles. The Balaban J connectivity index is 2.42. The Morgan fingerprint density at radius 1 is 1.19 bits per heavy atom. The first kappa shape index (κ1) is 22.7. The number of anilines is 1. The van der Waals surface area contributed by atoms with Gasteiger partial charge in [-0.05, 0) is 58.4 Å². The van der Waals surface area contributed by atoms with Gasteiger partial charge in [0.2, 0.25) is 5.95 Å². The summed E-state index contributed by atoms with van der Waals surface area (Å²) in [6, 6.07) is 5.88. The van der Waals surface area contributed by atoms with Gasteiger partial charge < -0.3 is 4.74 Å². The van der Waals surface area contributed by atoms with Crippen LogP contribution in [0.3, 0.4) is 0 Å². The molecule has 0 spiro atoms. The highest BCUT2D eigenvalue weighted by molar-refractivity contribution is 6.35. The summed E-state index contributed by atoms with van der Waals surface area (Å²) >= 11 is 6.27. The van der Waals surface area contributed by atoms with Crippen LogP contribution < -0.4 is 10.5 Å². The maximum absolute atomic E-state index is 14.0. The largest absolute Gasteiger partial charge is 0.443 e. The van der Waals surface area contributed by atoms with E-state index in [9.17, 15) is 18.4 Å². The van der Waals surface area contributed by atoms with Crippen molar-refractivity contribution in [2.24, 2.45) is 0 Å². The fraction of sp³-hybridized carbons (Fsp3) is 0.318. The predicted octanol–water partition coefficient (Wildman–Crippen LogP) is 5.39. The van der Waals surface area contributed by atoms with Gasteiger partial charge >= 0.3 is 6.09 Å². The second kappa shape index (κ2) is 8.26. The number of halogens is 3. The lowest BCUT2D eigenvalue weighted by Crippen LogP contribution is -2.40. The fourth-order valence-electron chi connectivity index (χ4n) is 3.12. The van der Waals surface area contributed by atoms with Crippen molar-refractivity contribution in [3.05, 3.63) is 62.9 Å². The number of amides is 1. The Hall–Kier alpha value is -3.00. The standard InChI is InChI=1S/C22H22ClF2N3O3/c1-6-27(21(30)31-22(3,4)5)20-26-18-12(2)7-8-16(23)17(18)19(29)28(20)15-10-13(24)9-14(25)11-15/h7-11H,6H2,1-5H3. The van der Waals surface area contributed by atoms with Crippen molar-refractivity contribution in [2.45, 2.75) is 40.2 Å². The molecule has 2 aromatic carbocycles. The van der Waals surface area contributed by atoms with E-state index < -0.39 is 28.9 Å². The lowest BCUT2D eigenvalue weighted by atomic mass is 10.1. The number of carbonyl (C=O) groups is 1. The molecule has 1 amide bonds. The number of aryl methyl sites for hydroxylation is 1. The second-order valence-corrected chi connectivity index (χ2v) is 8.40. The molecule has 164 valence electrons. The number of hydrogen-bond acceptors (Lipinski definition) is 4. The minimum Gasteiger partial charge on any atom is -0.443 e. The molecule has 0 aliphatic carbocycles. The average Bonchev–Trinajstić information content (AvgIpc) is 2.63. The number of nitrogens with zero attached hydrogens (tertiary/aromatic N) is 3. The van der Waals surface area contributed by atoms with Gasteiger partial charge in [-0.15, -0.1) is 0 Å². The number of fused-ring (bicyclic) bond motifs is 1. The molecule has 0 atom stereocenters. The van der Waals surface area contributed by atoms with Crippen LogP contribution in [-0.4, -0.2) is 27.8 Å². The Kier molecular flexibility index (Phi) is 6.04. The molecule has 0 aliphatic rings. The molecule has 0 saturated heterocycles. The van der Waals surface area contributed by atoms with Crippen molar-refractivity contribution < 1.29 is 18.3 Å². The van der Waals surface area contributed by atoms with Gasteiger partial charge in [0.05, 0.1) is 21.6 Å². The summed E-state index contributed by atoms with van der Waals surface area (Å²) in [7, 11) is 0. The molecule has 6 nitrogen and oxygen atoms in total. The van der Waals surface area contributed by atoms with E-state index in [2.05, 4.69) is 4.98 Å². The summed E-state index contributed by atoms with van der Waals surface area (Å²) in [5.41, 5.74) is -0.679. The van der Waals surface area contributed by atoms with E-state index in [1.807, 2.05) is 0 Å². The van der Waals surface area contributed by atoms with Crippen molar-refractivity contribution in [1.82, 2.24) is 9.55 Å². The highest BCUT2D eigenvalue weighted by Crippen LogP contribution is 2.27. The number of ether oxygens (including phenoxy) is 1. The summed E-state index contributed by atoms with van der Waals surface area (Å²) in [6.45, 7) is 8.60. The van der Waals surface area contributed by atoms with Gasteiger partial charge in [-0.1, -0.05) is 17.7 Å². The fourth-order valence-corrected chi connectivity index (χ4v) is 3.36. The first-order chi connectivity index (χ1) is 14.4. The summed E-state index contributed by atoms with van der Waals surface area (Å²) in [6.07, 6.45) is -0.758. The van der Waals surface area contributed by atoms with E-state index in [1.54, 1.807) is 46.8 Å². The van der Waals surface area contributed by atoms with Crippen molar-refractivity contribution >= 4 is 34.5 Å². The Labute approximate surface area is 183 Å². The Bertz CT molecular complexity index is 1220. The van der Waals surface area contributed by atoms with Gasteiger partial charge in [-0.3, -0.25) is 4.79 Å². The number of benzene rings is 2. The van der Waals surface area contributed by atoms with Gasteiger partial charge in [0.25, 0.3) is 5.56 Å². The molecular weight excluding hydrogens is 428 g/mol. The normalized spacial score (nSPS) is 11.6. The van der Waals surface area contributed by atoms with E-state index in [-0.39, 0.29) is 34.1 Å². The molecule has 0 radical (unpaired) electrons. The summed E-state index contributed by atoms with van der Waals surface area (Å²) in [5.74, 6) is -1.91. The van der Waals surface area contributed by atoms with E-state index in [1.165, 1.54) is 0 Å². The van der Waals surface area contributed by atoms with Crippen molar-refractivity contribution in [3.63, 3.8) is 0 Å². The van der Waals surface area contributed by atoms with Gasteiger partial charge in [0, 0.05) is 12.6 Å². The van der Waals surface area contributed by atoms with Crippen LogP contribution in [0, 0.1) is 18.6 Å². The number of aromatic nitrogens is 2. The quantitative estimate of drug-likeness (QED) is 0.538. The van der Waals surface area contributed by atoms with Crippen LogP contribution in [-0.2, 0) is 4.74 Å². The van der Waals surface area contributed by atoms with Crippen LogP contribution in [0.2, 0.25) is 5.02 Å². The van der Waals surface area contributed by atoms with Gasteiger partial charge in [0.1, 0.15) is 17.2 Å². The van der Waals surface area contributed by atoms with E-state index in [0.717, 1.165) is 21.6 Å². The lowest BCUT2D eigenvalue weighted by molar-refractivity contribution is 0.0579. The second-order valence-electron chi connectivity index (χ2n) is 7.99. The zero-order valence-electron chi connectivity index (χ0n) is 17.8. The first-order valence-electron chi connectivity index (χ1n) is 9.61. The Morgan fingerprint density at radius 2 is 1.81 bits per heavy atom. The topological polar surface area (TPSA) is 64.4 Å². The summed E-state index contributed by atoms with van der Waals surface area (Å²) < 4.78 is 34.4. The van der Waals surface area contributed by atoms with Crippen molar-refractivity contribution in [1.29, 1.82) is 0 Å². The number of hydrogen-bond donors (Lipinski definition) is 0. The third kappa shape index (κ3) is 4.54. The van der Waals surface area contributed by atoms with Gasteiger partial charge in [-0.2, -0.15) is 0 Å². The van der Waals surface area contributed by atoms with Crippen LogP contribution in [0.15, 0.2) is 35.1 Å². The van der Waals surface area contributed by atoms with Crippen molar-refractivity contribution in [2.75, 3.05) is 11.4 Å². The Morgan fingerprint density at radius 3 is 2.35 bits per heavy atom. The molecular formula is C22H22ClF2N3O3. The molecule has 0 unspecified atom stereocenters. The molecule has 1 heterocycles. The highest BCUT2D eigenvalue weighted by Gasteiger charge is 2.28. The van der Waals surface area contributed by atoms with Crippen LogP contribution in [0.4, 0.5) is 19.5 Å². The first-order valence-corrected chi connectivity index (χ1v) is 9.99. The minimum atomic E-state index is -0.886. The summed E-state index contributed by atoms with van der Waals surface area (Å²) in [5, 5.41) is 0.214. The lowest BCUT2D eigenvalue weighted by Gasteiger charge is -2.27. The zero-order valence-corrected chi connectivity index (χ0v) is 18.6. The molecule has 0 saturated carbocycles. The van der Waals surface area contributed by atoms with Crippen molar-refractivity contribution in [3.8, 4) is 5.69 Å². The van der Waals surface area contributed by atoms with Crippen LogP contribution in [0.25, 0.3) is 16.6 Å². The predicted molar refractivity (Wildman–Crippen MR) is 116 cm³/mol. The molecule has 31 heavy (non-hydrogen) atoms. The van der Waals surface area contributed by atoms with Crippen LogP contribution in [0.1, 0.15) is 33.3 Å². The zero-order chi connectivity index (χ0) is 23.1. The maximum atomic E-state index is 14.0. The molecule has 0 bridgehead atoms. The molecule has 1 aromatic heterocycles. The molecule has 0 N–H and O–H groups in total. The highest BCUT2D eigenvalue weighted by atomic mass is 35.5. The van der Waals surface area contributed by atoms with E-state index in [4.69, 9.17) is 16.3 Å². The number of rotatable bonds is 3. The average molecular weight is 450 g/mol. The van der Waals surface area contributed by atoms with Gasteiger partial charge in [-0.25, -0.2) is 28.0 Å². The third-order valence-corrected chi connectivity index (χ3v) is 4.75. The maximum Gasteiger partial charge on any atom is 0.417 e. The van der Waals surface area contributed by atoms with Crippen LogP contribution in [0.5, 0.6) is 0 Å². The van der Waals surface area contributed by atoms with E-state index >= 15 is 0 Å². The molecule has 9 heteroatoms. The number of carbonyl (C=O) groups excluding carboxylic acids is 1. The van der Waals surface area contributed by atoms with E-state index in [0.29, 0.717) is 11.6 Å². The SMILES string of the molecule is CCN(C(=O)OC(C)(C)C)c1nc2c(C)ccc(Cl)c2c(=O)n1-c1cc(F)cc(F)c1. The molecule has 3 rings (SSSR count). The molecule has 3 aromatic rings. The van der Waals surface area contributed by atoms with Gasteiger partial charge in [0.15, 0.2) is 0 Å². The minimum absolute atomic E-state index is 0.0790. The third-order valence-electron chi connectivity index (χ3n) is 4.43. The monoisotopic (exact) mass is 449 g/mol. The smallest absolute Gasteiger partial charge is 0.417 e. The summed E-state index contributed by atoms with van der Waals surface area (Å²) in [4.78, 5) is 32.0. The van der Waals surface area contributed by atoms with Crippen LogP contribution >= 0.6 is 11.6 Å².